The average molecular weight is 346 g/mol. The molecule has 2 heterocycles. The van der Waals surface area contributed by atoms with Gasteiger partial charge in [-0.3, -0.25) is 9.79 Å². The zero-order valence-corrected chi connectivity index (χ0v) is 15.2. The molecule has 0 aromatic carbocycles. The van der Waals surface area contributed by atoms with Crippen molar-refractivity contribution in [3.63, 3.8) is 0 Å². The molecule has 1 amide bonds. The molecule has 1 atom stereocenters. The number of nitrogens with zero attached hydrogens (tertiary/aromatic N) is 2. The van der Waals surface area contributed by atoms with E-state index in [0.29, 0.717) is 19.0 Å². The van der Waals surface area contributed by atoms with Gasteiger partial charge in [0.25, 0.3) is 0 Å². The van der Waals surface area contributed by atoms with Gasteiger partial charge >= 0.3 is 0 Å². The van der Waals surface area contributed by atoms with Crippen LogP contribution in [0.15, 0.2) is 27.8 Å². The van der Waals surface area contributed by atoms with Crippen molar-refractivity contribution in [2.75, 3.05) is 19.6 Å². The molecule has 0 spiro atoms. The molecule has 1 unspecified atom stereocenters. The van der Waals surface area contributed by atoms with E-state index in [1.165, 1.54) is 25.7 Å². The SMILES string of the molecule is CCC(=O)N1CCC(NC(=NCCc2ccco2)NC2CCCC2)C1. The van der Waals surface area contributed by atoms with Crippen molar-refractivity contribution in [1.82, 2.24) is 15.5 Å². The molecule has 1 aliphatic carbocycles. The molecule has 3 rings (SSSR count). The van der Waals surface area contributed by atoms with Gasteiger partial charge in [-0.05, 0) is 31.4 Å². The average Bonchev–Trinajstić information content (AvgIpc) is 3.37. The maximum Gasteiger partial charge on any atom is 0.222 e. The highest BCUT2D eigenvalue weighted by molar-refractivity contribution is 5.81. The third-order valence-corrected chi connectivity index (χ3v) is 5.09. The number of hydrogen-bond donors (Lipinski definition) is 2. The van der Waals surface area contributed by atoms with Gasteiger partial charge in [-0.25, -0.2) is 0 Å². The lowest BCUT2D eigenvalue weighted by Crippen LogP contribution is -2.48. The van der Waals surface area contributed by atoms with E-state index in [1.807, 2.05) is 24.0 Å². The molecule has 2 fully saturated rings. The summed E-state index contributed by atoms with van der Waals surface area (Å²) in [6.07, 6.45) is 9.07. The zero-order valence-electron chi connectivity index (χ0n) is 15.2. The van der Waals surface area contributed by atoms with Gasteiger partial charge in [0.1, 0.15) is 5.76 Å². The van der Waals surface area contributed by atoms with Crippen LogP contribution in [-0.2, 0) is 11.2 Å². The molecular formula is C19H30N4O2. The van der Waals surface area contributed by atoms with E-state index in [0.717, 1.165) is 37.7 Å². The molecule has 1 saturated carbocycles. The number of carbonyl (C=O) groups excluding carboxylic acids is 1. The largest absolute Gasteiger partial charge is 0.469 e. The van der Waals surface area contributed by atoms with Gasteiger partial charge in [0.15, 0.2) is 5.96 Å². The number of furan rings is 1. The van der Waals surface area contributed by atoms with Crippen molar-refractivity contribution in [2.24, 2.45) is 4.99 Å². The summed E-state index contributed by atoms with van der Waals surface area (Å²) in [4.78, 5) is 18.6. The van der Waals surface area contributed by atoms with Crippen LogP contribution in [-0.4, -0.2) is 48.5 Å². The van der Waals surface area contributed by atoms with Gasteiger partial charge in [-0.1, -0.05) is 19.8 Å². The molecular weight excluding hydrogens is 316 g/mol. The smallest absolute Gasteiger partial charge is 0.222 e. The standard InChI is InChI=1S/C19H30N4O2/c1-2-18(24)23-12-10-16(14-23)22-19(21-15-6-3-4-7-15)20-11-9-17-8-5-13-25-17/h5,8,13,15-16H,2-4,6-7,9-12,14H2,1H3,(H2,20,21,22). The van der Waals surface area contributed by atoms with Gasteiger partial charge in [-0.2, -0.15) is 0 Å². The number of hydrogen-bond acceptors (Lipinski definition) is 3. The molecule has 1 aromatic heterocycles. The minimum Gasteiger partial charge on any atom is -0.469 e. The lowest BCUT2D eigenvalue weighted by molar-refractivity contribution is -0.129. The number of carbonyl (C=O) groups is 1. The van der Waals surface area contributed by atoms with Crippen LogP contribution in [0.4, 0.5) is 0 Å². The number of amides is 1. The van der Waals surface area contributed by atoms with E-state index in [9.17, 15) is 4.79 Å². The van der Waals surface area contributed by atoms with Gasteiger partial charge in [0.05, 0.1) is 6.26 Å². The summed E-state index contributed by atoms with van der Waals surface area (Å²) in [5, 5.41) is 7.13. The molecule has 6 heteroatoms. The van der Waals surface area contributed by atoms with Crippen LogP contribution in [0.25, 0.3) is 0 Å². The van der Waals surface area contributed by atoms with E-state index >= 15 is 0 Å². The molecule has 0 bridgehead atoms. The van der Waals surface area contributed by atoms with Crippen molar-refractivity contribution in [3.05, 3.63) is 24.2 Å². The maximum atomic E-state index is 11.9. The van der Waals surface area contributed by atoms with Gasteiger partial charge < -0.3 is 20.0 Å². The second kappa shape index (κ2) is 8.92. The third kappa shape index (κ3) is 5.25. The molecule has 138 valence electrons. The molecule has 1 aromatic rings. The zero-order chi connectivity index (χ0) is 17.5. The third-order valence-electron chi connectivity index (χ3n) is 5.09. The Hall–Kier alpha value is -1.98. The number of aliphatic imine (C=N–C) groups is 1. The Morgan fingerprint density at radius 1 is 1.28 bits per heavy atom. The Labute approximate surface area is 150 Å². The summed E-state index contributed by atoms with van der Waals surface area (Å²) < 4.78 is 5.38. The Morgan fingerprint density at radius 2 is 2.08 bits per heavy atom. The summed E-state index contributed by atoms with van der Waals surface area (Å²) >= 11 is 0. The highest BCUT2D eigenvalue weighted by atomic mass is 16.3. The second-order valence-electron chi connectivity index (χ2n) is 7.01. The first kappa shape index (κ1) is 17.8. The fraction of sp³-hybridized carbons (Fsp3) is 0.684. The van der Waals surface area contributed by atoms with Crippen LogP contribution in [0.5, 0.6) is 0 Å². The highest BCUT2D eigenvalue weighted by Gasteiger charge is 2.26. The van der Waals surface area contributed by atoms with Crippen molar-refractivity contribution in [2.45, 2.75) is 64.0 Å². The number of guanidine groups is 1. The first-order chi connectivity index (χ1) is 12.2. The van der Waals surface area contributed by atoms with Crippen LogP contribution in [0.1, 0.15) is 51.2 Å². The molecule has 2 N–H and O–H groups in total. The summed E-state index contributed by atoms with van der Waals surface area (Å²) in [6.45, 7) is 4.23. The van der Waals surface area contributed by atoms with Crippen LogP contribution < -0.4 is 10.6 Å². The van der Waals surface area contributed by atoms with E-state index in [2.05, 4.69) is 10.6 Å². The molecule has 0 radical (unpaired) electrons. The maximum absolute atomic E-state index is 11.9. The normalized spacial score (nSPS) is 21.7. The summed E-state index contributed by atoms with van der Waals surface area (Å²) in [7, 11) is 0. The number of rotatable bonds is 6. The van der Waals surface area contributed by atoms with E-state index in [-0.39, 0.29) is 11.9 Å². The van der Waals surface area contributed by atoms with Crippen LogP contribution in [0.3, 0.4) is 0 Å². The van der Waals surface area contributed by atoms with E-state index in [4.69, 9.17) is 9.41 Å². The minimum atomic E-state index is 0.240. The quantitative estimate of drug-likeness (QED) is 0.613. The Morgan fingerprint density at radius 3 is 2.80 bits per heavy atom. The lowest BCUT2D eigenvalue weighted by atomic mass is 10.2. The van der Waals surface area contributed by atoms with Crippen molar-refractivity contribution in [3.8, 4) is 0 Å². The number of likely N-dealkylation sites (tertiary alicyclic amines) is 1. The topological polar surface area (TPSA) is 69.9 Å². The van der Waals surface area contributed by atoms with Crippen molar-refractivity contribution < 1.29 is 9.21 Å². The van der Waals surface area contributed by atoms with Crippen molar-refractivity contribution in [1.29, 1.82) is 0 Å². The Kier molecular flexibility index (Phi) is 6.36. The fourth-order valence-corrected chi connectivity index (χ4v) is 3.65. The van der Waals surface area contributed by atoms with Gasteiger partial charge in [0.2, 0.25) is 5.91 Å². The van der Waals surface area contributed by atoms with Crippen LogP contribution >= 0.6 is 0 Å². The Bertz CT molecular complexity index is 564. The molecule has 1 saturated heterocycles. The summed E-state index contributed by atoms with van der Waals surface area (Å²) in [6, 6.07) is 4.70. The van der Waals surface area contributed by atoms with Crippen LogP contribution in [0.2, 0.25) is 0 Å². The molecule has 1 aliphatic heterocycles. The first-order valence-corrected chi connectivity index (χ1v) is 9.62. The van der Waals surface area contributed by atoms with E-state index in [1.54, 1.807) is 6.26 Å². The van der Waals surface area contributed by atoms with Crippen LogP contribution in [0, 0.1) is 0 Å². The van der Waals surface area contributed by atoms with Crippen molar-refractivity contribution >= 4 is 11.9 Å². The summed E-state index contributed by atoms with van der Waals surface area (Å²) in [5.74, 6) is 2.09. The van der Waals surface area contributed by atoms with E-state index < -0.39 is 0 Å². The van der Waals surface area contributed by atoms with Gasteiger partial charge in [0, 0.05) is 44.6 Å². The molecule has 2 aliphatic rings. The first-order valence-electron chi connectivity index (χ1n) is 9.62. The summed E-state index contributed by atoms with van der Waals surface area (Å²) in [5.41, 5.74) is 0. The second-order valence-corrected chi connectivity index (χ2v) is 7.01. The highest BCUT2D eigenvalue weighted by Crippen LogP contribution is 2.18. The predicted molar refractivity (Wildman–Crippen MR) is 98.5 cm³/mol. The molecule has 25 heavy (non-hydrogen) atoms. The number of nitrogens with one attached hydrogen (secondary N) is 2. The lowest BCUT2D eigenvalue weighted by Gasteiger charge is -2.21. The fourth-order valence-electron chi connectivity index (χ4n) is 3.65. The molecule has 6 nitrogen and oxygen atoms in total. The Balaban J connectivity index is 1.54. The predicted octanol–water partition coefficient (Wildman–Crippen LogP) is 2.31. The van der Waals surface area contributed by atoms with Gasteiger partial charge in [-0.15, -0.1) is 0 Å². The minimum absolute atomic E-state index is 0.240. The monoisotopic (exact) mass is 346 g/mol.